The number of hydrogen-bond donors (Lipinski definition) is 1. The van der Waals surface area contributed by atoms with Crippen LogP contribution in [0.5, 0.6) is 0 Å². The highest BCUT2D eigenvalue weighted by Crippen LogP contribution is 2.08. The van der Waals surface area contributed by atoms with Gasteiger partial charge in [0.15, 0.2) is 0 Å². The molecule has 0 aliphatic carbocycles. The molecule has 0 spiro atoms. The van der Waals surface area contributed by atoms with Gasteiger partial charge in [0.1, 0.15) is 6.54 Å². The SMILES string of the molecule is Cc1ccc(Cn2ccc(=O)n(CC(=O)Nc3ccc(C)cc3)c2=O)cc1. The van der Waals surface area contributed by atoms with Crippen molar-refractivity contribution in [1.29, 1.82) is 0 Å². The van der Waals surface area contributed by atoms with Crippen LogP contribution in [-0.2, 0) is 17.9 Å². The Hall–Kier alpha value is -3.41. The van der Waals surface area contributed by atoms with Crippen LogP contribution in [0.2, 0.25) is 0 Å². The van der Waals surface area contributed by atoms with Crippen molar-refractivity contribution in [2.75, 3.05) is 5.32 Å². The number of nitrogens with zero attached hydrogens (tertiary/aromatic N) is 2. The molecular weight excluding hydrogens is 342 g/mol. The van der Waals surface area contributed by atoms with Gasteiger partial charge >= 0.3 is 5.69 Å². The molecule has 2 aromatic carbocycles. The first-order valence-electron chi connectivity index (χ1n) is 8.65. The molecule has 0 saturated carbocycles. The van der Waals surface area contributed by atoms with Gasteiger partial charge in [0, 0.05) is 18.0 Å². The molecule has 0 saturated heterocycles. The van der Waals surface area contributed by atoms with Gasteiger partial charge in [-0.15, -0.1) is 0 Å². The molecule has 1 aromatic heterocycles. The van der Waals surface area contributed by atoms with Crippen molar-refractivity contribution in [2.45, 2.75) is 26.9 Å². The lowest BCUT2D eigenvalue weighted by Gasteiger charge is -2.11. The Bertz CT molecular complexity index is 1060. The zero-order valence-electron chi connectivity index (χ0n) is 15.3. The normalized spacial score (nSPS) is 10.6. The summed E-state index contributed by atoms with van der Waals surface area (Å²) in [6.45, 7) is 3.94. The second kappa shape index (κ2) is 7.86. The van der Waals surface area contributed by atoms with Gasteiger partial charge in [0.2, 0.25) is 5.91 Å². The highest BCUT2D eigenvalue weighted by atomic mass is 16.2. The predicted octanol–water partition coefficient (Wildman–Crippen LogP) is 2.31. The number of hydrogen-bond acceptors (Lipinski definition) is 3. The van der Waals surface area contributed by atoms with Gasteiger partial charge in [-0.05, 0) is 31.5 Å². The second-order valence-corrected chi connectivity index (χ2v) is 6.55. The van der Waals surface area contributed by atoms with E-state index in [1.54, 1.807) is 12.1 Å². The maximum absolute atomic E-state index is 12.6. The van der Waals surface area contributed by atoms with E-state index in [-0.39, 0.29) is 6.54 Å². The van der Waals surface area contributed by atoms with Gasteiger partial charge in [-0.3, -0.25) is 18.7 Å². The average molecular weight is 363 g/mol. The Labute approximate surface area is 156 Å². The molecule has 0 radical (unpaired) electrons. The molecule has 0 aliphatic heterocycles. The summed E-state index contributed by atoms with van der Waals surface area (Å²) < 4.78 is 2.36. The van der Waals surface area contributed by atoms with Gasteiger partial charge in [-0.2, -0.15) is 0 Å². The number of benzene rings is 2. The number of amides is 1. The molecule has 6 nitrogen and oxygen atoms in total. The van der Waals surface area contributed by atoms with E-state index in [0.717, 1.165) is 21.3 Å². The summed E-state index contributed by atoms with van der Waals surface area (Å²) >= 11 is 0. The Morgan fingerprint density at radius 2 is 1.48 bits per heavy atom. The van der Waals surface area contributed by atoms with E-state index < -0.39 is 17.2 Å². The maximum Gasteiger partial charge on any atom is 0.331 e. The summed E-state index contributed by atoms with van der Waals surface area (Å²) in [7, 11) is 0. The van der Waals surface area contributed by atoms with Crippen LogP contribution >= 0.6 is 0 Å². The molecule has 0 aliphatic rings. The van der Waals surface area contributed by atoms with E-state index in [0.29, 0.717) is 12.2 Å². The third-order valence-corrected chi connectivity index (χ3v) is 4.25. The van der Waals surface area contributed by atoms with Crippen molar-refractivity contribution in [2.24, 2.45) is 0 Å². The zero-order valence-corrected chi connectivity index (χ0v) is 15.3. The van der Waals surface area contributed by atoms with Crippen molar-refractivity contribution < 1.29 is 4.79 Å². The number of carbonyl (C=O) groups is 1. The van der Waals surface area contributed by atoms with Gasteiger partial charge in [-0.1, -0.05) is 47.5 Å². The fourth-order valence-corrected chi connectivity index (χ4v) is 2.69. The molecule has 0 bridgehead atoms. The lowest BCUT2D eigenvalue weighted by atomic mass is 10.1. The van der Waals surface area contributed by atoms with Gasteiger partial charge in [-0.25, -0.2) is 4.79 Å². The molecule has 0 fully saturated rings. The smallest absolute Gasteiger partial charge is 0.325 e. The number of aryl methyl sites for hydroxylation is 2. The molecule has 1 N–H and O–H groups in total. The fraction of sp³-hybridized carbons (Fsp3) is 0.190. The molecule has 6 heteroatoms. The van der Waals surface area contributed by atoms with E-state index in [2.05, 4.69) is 5.32 Å². The van der Waals surface area contributed by atoms with E-state index in [1.165, 1.54) is 16.8 Å². The standard InChI is InChI=1S/C21H21N3O3/c1-15-3-7-17(8-4-15)13-23-12-11-20(26)24(21(23)27)14-19(25)22-18-9-5-16(2)6-10-18/h3-12H,13-14H2,1-2H3,(H,22,25). The predicted molar refractivity (Wildman–Crippen MR) is 105 cm³/mol. The molecule has 138 valence electrons. The van der Waals surface area contributed by atoms with Crippen LogP contribution in [0.3, 0.4) is 0 Å². The van der Waals surface area contributed by atoms with E-state index in [4.69, 9.17) is 0 Å². The lowest BCUT2D eigenvalue weighted by molar-refractivity contribution is -0.116. The number of rotatable bonds is 5. The summed E-state index contributed by atoms with van der Waals surface area (Å²) in [5.74, 6) is -0.425. The van der Waals surface area contributed by atoms with Crippen molar-refractivity contribution in [3.8, 4) is 0 Å². The Morgan fingerprint density at radius 3 is 2.11 bits per heavy atom. The molecule has 27 heavy (non-hydrogen) atoms. The highest BCUT2D eigenvalue weighted by Gasteiger charge is 2.10. The van der Waals surface area contributed by atoms with Gasteiger partial charge in [0.05, 0.1) is 6.54 Å². The maximum atomic E-state index is 12.6. The topological polar surface area (TPSA) is 73.1 Å². The number of anilines is 1. The monoisotopic (exact) mass is 363 g/mol. The summed E-state index contributed by atoms with van der Waals surface area (Å²) in [5, 5.41) is 2.70. The summed E-state index contributed by atoms with van der Waals surface area (Å²) in [4.78, 5) is 37.0. The lowest BCUT2D eigenvalue weighted by Crippen LogP contribution is -2.41. The third kappa shape index (κ3) is 4.61. The first kappa shape index (κ1) is 18.4. The number of nitrogens with one attached hydrogen (secondary N) is 1. The number of aromatic nitrogens is 2. The molecule has 1 heterocycles. The minimum Gasteiger partial charge on any atom is -0.325 e. The van der Waals surface area contributed by atoms with Crippen molar-refractivity contribution >= 4 is 11.6 Å². The van der Waals surface area contributed by atoms with E-state index in [9.17, 15) is 14.4 Å². The van der Waals surface area contributed by atoms with Crippen molar-refractivity contribution in [3.63, 3.8) is 0 Å². The quantitative estimate of drug-likeness (QED) is 0.756. The van der Waals surface area contributed by atoms with Crippen LogP contribution in [0, 0.1) is 13.8 Å². The summed E-state index contributed by atoms with van der Waals surface area (Å²) in [6, 6.07) is 16.4. The minimum atomic E-state index is -0.512. The van der Waals surface area contributed by atoms with Gasteiger partial charge < -0.3 is 5.32 Å². The zero-order chi connectivity index (χ0) is 19.4. The molecular formula is C21H21N3O3. The first-order chi connectivity index (χ1) is 12.9. The Balaban J connectivity index is 1.79. The molecule has 1 amide bonds. The van der Waals surface area contributed by atoms with Crippen LogP contribution in [0.15, 0.2) is 70.4 Å². The first-order valence-corrected chi connectivity index (χ1v) is 8.65. The minimum absolute atomic E-state index is 0.332. The average Bonchev–Trinajstić information content (AvgIpc) is 2.65. The Morgan fingerprint density at radius 1 is 0.889 bits per heavy atom. The Kier molecular flexibility index (Phi) is 5.35. The van der Waals surface area contributed by atoms with Crippen LogP contribution < -0.4 is 16.6 Å². The van der Waals surface area contributed by atoms with Crippen LogP contribution in [-0.4, -0.2) is 15.0 Å². The molecule has 3 rings (SSSR count). The molecule has 0 atom stereocenters. The van der Waals surface area contributed by atoms with Gasteiger partial charge in [0.25, 0.3) is 5.56 Å². The third-order valence-electron chi connectivity index (χ3n) is 4.25. The highest BCUT2D eigenvalue weighted by molar-refractivity contribution is 5.90. The molecule has 3 aromatic rings. The van der Waals surface area contributed by atoms with Crippen molar-refractivity contribution in [3.05, 3.63) is 98.3 Å². The van der Waals surface area contributed by atoms with Crippen LogP contribution in [0.4, 0.5) is 5.69 Å². The largest absolute Gasteiger partial charge is 0.331 e. The van der Waals surface area contributed by atoms with Crippen LogP contribution in [0.1, 0.15) is 16.7 Å². The number of carbonyl (C=O) groups excluding carboxylic acids is 1. The summed E-state index contributed by atoms with van der Waals surface area (Å²) in [6.07, 6.45) is 1.46. The summed E-state index contributed by atoms with van der Waals surface area (Å²) in [5.41, 5.74) is 2.75. The fourth-order valence-electron chi connectivity index (χ4n) is 2.69. The van der Waals surface area contributed by atoms with Crippen molar-refractivity contribution in [1.82, 2.24) is 9.13 Å². The second-order valence-electron chi connectivity index (χ2n) is 6.55. The van der Waals surface area contributed by atoms with E-state index >= 15 is 0 Å². The van der Waals surface area contributed by atoms with Crippen LogP contribution in [0.25, 0.3) is 0 Å². The molecule has 0 unspecified atom stereocenters. The van der Waals surface area contributed by atoms with E-state index in [1.807, 2.05) is 50.2 Å².